The molecule has 2 rings (SSSR count). The highest BCUT2D eigenvalue weighted by Crippen LogP contribution is 2.16. The van der Waals surface area contributed by atoms with E-state index in [1.807, 2.05) is 37.3 Å². The Labute approximate surface area is 98.9 Å². The lowest BCUT2D eigenvalue weighted by molar-refractivity contribution is -0.120. The molecule has 0 aliphatic carbocycles. The summed E-state index contributed by atoms with van der Waals surface area (Å²) in [4.78, 5) is 11.3. The Balaban J connectivity index is 2.09. The summed E-state index contributed by atoms with van der Waals surface area (Å²) >= 11 is 0. The lowest BCUT2D eigenvalue weighted by Gasteiger charge is -1.97. The van der Waals surface area contributed by atoms with Gasteiger partial charge in [-0.2, -0.15) is 0 Å². The van der Waals surface area contributed by atoms with Gasteiger partial charge in [0, 0.05) is 12.1 Å². The van der Waals surface area contributed by atoms with Crippen molar-refractivity contribution in [2.75, 3.05) is 6.54 Å². The van der Waals surface area contributed by atoms with Crippen LogP contribution in [0.15, 0.2) is 34.7 Å². The second-order valence-corrected chi connectivity index (χ2v) is 3.50. The SMILES string of the molecule is CCNC(=O)Cc1nnc(-c2ccccc2)o1. The number of amides is 1. The minimum atomic E-state index is -0.115. The number of hydrogen-bond donors (Lipinski definition) is 1. The molecule has 5 heteroatoms. The molecule has 88 valence electrons. The van der Waals surface area contributed by atoms with Crippen molar-refractivity contribution < 1.29 is 9.21 Å². The molecule has 0 bridgehead atoms. The van der Waals surface area contributed by atoms with Gasteiger partial charge in [0.25, 0.3) is 0 Å². The van der Waals surface area contributed by atoms with E-state index in [9.17, 15) is 4.79 Å². The Hall–Kier alpha value is -2.17. The molecule has 0 aliphatic heterocycles. The predicted octanol–water partition coefficient (Wildman–Crippen LogP) is 1.42. The van der Waals surface area contributed by atoms with Crippen LogP contribution in [0.5, 0.6) is 0 Å². The van der Waals surface area contributed by atoms with Crippen molar-refractivity contribution in [2.45, 2.75) is 13.3 Å². The fraction of sp³-hybridized carbons (Fsp3) is 0.250. The number of aromatic nitrogens is 2. The number of carbonyl (C=O) groups is 1. The van der Waals surface area contributed by atoms with Gasteiger partial charge in [-0.05, 0) is 19.1 Å². The Bertz CT molecular complexity index is 493. The van der Waals surface area contributed by atoms with Crippen molar-refractivity contribution in [1.82, 2.24) is 15.5 Å². The van der Waals surface area contributed by atoms with E-state index >= 15 is 0 Å². The van der Waals surface area contributed by atoms with Crippen molar-refractivity contribution >= 4 is 5.91 Å². The fourth-order valence-electron chi connectivity index (χ4n) is 1.42. The van der Waals surface area contributed by atoms with Crippen molar-refractivity contribution in [3.05, 3.63) is 36.2 Å². The van der Waals surface area contributed by atoms with Crippen LogP contribution in [0.4, 0.5) is 0 Å². The Kier molecular flexibility index (Phi) is 3.49. The van der Waals surface area contributed by atoms with Crippen LogP contribution in [0.3, 0.4) is 0 Å². The van der Waals surface area contributed by atoms with Crippen LogP contribution in [0, 0.1) is 0 Å². The maximum absolute atomic E-state index is 11.3. The number of nitrogens with one attached hydrogen (secondary N) is 1. The maximum Gasteiger partial charge on any atom is 0.247 e. The molecule has 0 fully saturated rings. The molecule has 17 heavy (non-hydrogen) atoms. The molecule has 2 aromatic rings. The quantitative estimate of drug-likeness (QED) is 0.864. The first kappa shape index (κ1) is 11.3. The van der Waals surface area contributed by atoms with Crippen LogP contribution in [-0.4, -0.2) is 22.6 Å². The summed E-state index contributed by atoms with van der Waals surface area (Å²) in [5, 5.41) is 10.4. The Morgan fingerprint density at radius 3 is 2.76 bits per heavy atom. The molecule has 1 aromatic carbocycles. The average molecular weight is 231 g/mol. The van der Waals surface area contributed by atoms with Gasteiger partial charge in [-0.3, -0.25) is 4.79 Å². The molecule has 0 saturated heterocycles. The smallest absolute Gasteiger partial charge is 0.247 e. The minimum Gasteiger partial charge on any atom is -0.420 e. The fourth-order valence-corrected chi connectivity index (χ4v) is 1.42. The standard InChI is InChI=1S/C12H13N3O2/c1-2-13-10(16)8-11-14-15-12(17-11)9-6-4-3-5-7-9/h3-7H,2,8H2,1H3,(H,13,16). The second-order valence-electron chi connectivity index (χ2n) is 3.50. The molecular formula is C12H13N3O2. The van der Waals surface area contributed by atoms with E-state index in [-0.39, 0.29) is 12.3 Å². The third kappa shape index (κ3) is 2.90. The number of carbonyl (C=O) groups excluding carboxylic acids is 1. The normalized spacial score (nSPS) is 10.2. The lowest BCUT2D eigenvalue weighted by Crippen LogP contribution is -2.24. The lowest BCUT2D eigenvalue weighted by atomic mass is 10.2. The van der Waals surface area contributed by atoms with Gasteiger partial charge >= 0.3 is 0 Å². The van der Waals surface area contributed by atoms with E-state index in [4.69, 9.17) is 4.42 Å². The molecule has 0 radical (unpaired) electrons. The molecule has 1 amide bonds. The van der Waals surface area contributed by atoms with Gasteiger partial charge in [0.05, 0.1) is 0 Å². The summed E-state index contributed by atoms with van der Waals surface area (Å²) in [7, 11) is 0. The van der Waals surface area contributed by atoms with Gasteiger partial charge in [0.15, 0.2) is 0 Å². The zero-order valence-corrected chi connectivity index (χ0v) is 9.51. The van der Waals surface area contributed by atoms with E-state index in [0.29, 0.717) is 18.3 Å². The van der Waals surface area contributed by atoms with Gasteiger partial charge in [0.2, 0.25) is 17.7 Å². The van der Waals surface area contributed by atoms with Crippen LogP contribution < -0.4 is 5.32 Å². The molecule has 0 spiro atoms. The van der Waals surface area contributed by atoms with Crippen LogP contribution in [0.2, 0.25) is 0 Å². The molecule has 1 heterocycles. The number of nitrogens with zero attached hydrogens (tertiary/aromatic N) is 2. The van der Waals surface area contributed by atoms with Crippen molar-refractivity contribution in [1.29, 1.82) is 0 Å². The van der Waals surface area contributed by atoms with Crippen LogP contribution in [0.1, 0.15) is 12.8 Å². The highest BCUT2D eigenvalue weighted by molar-refractivity contribution is 5.77. The number of likely N-dealkylation sites (N-methyl/N-ethyl adjacent to an activating group) is 1. The predicted molar refractivity (Wildman–Crippen MR) is 62.1 cm³/mol. The van der Waals surface area contributed by atoms with Crippen LogP contribution in [0.25, 0.3) is 11.5 Å². The van der Waals surface area contributed by atoms with Crippen LogP contribution in [-0.2, 0) is 11.2 Å². The number of rotatable bonds is 4. The van der Waals surface area contributed by atoms with Gasteiger partial charge in [-0.15, -0.1) is 10.2 Å². The Morgan fingerprint density at radius 2 is 2.06 bits per heavy atom. The number of benzene rings is 1. The summed E-state index contributed by atoms with van der Waals surface area (Å²) < 4.78 is 5.40. The highest BCUT2D eigenvalue weighted by atomic mass is 16.4. The first-order chi connectivity index (χ1) is 8.29. The molecule has 1 aromatic heterocycles. The zero-order valence-electron chi connectivity index (χ0n) is 9.51. The highest BCUT2D eigenvalue weighted by Gasteiger charge is 2.11. The Morgan fingerprint density at radius 1 is 1.29 bits per heavy atom. The van der Waals surface area contributed by atoms with Crippen molar-refractivity contribution in [3.8, 4) is 11.5 Å². The average Bonchev–Trinajstić information content (AvgIpc) is 2.79. The molecular weight excluding hydrogens is 218 g/mol. The molecule has 0 atom stereocenters. The van der Waals surface area contributed by atoms with Gasteiger partial charge in [-0.1, -0.05) is 18.2 Å². The summed E-state index contributed by atoms with van der Waals surface area (Å²) in [6.45, 7) is 2.46. The third-order valence-corrected chi connectivity index (χ3v) is 2.17. The summed E-state index contributed by atoms with van der Waals surface area (Å²) in [5.74, 6) is 0.649. The van der Waals surface area contributed by atoms with Gasteiger partial charge in [-0.25, -0.2) is 0 Å². The summed E-state index contributed by atoms with van der Waals surface area (Å²) in [5.41, 5.74) is 0.849. The summed E-state index contributed by atoms with van der Waals surface area (Å²) in [6.07, 6.45) is 0.119. The molecule has 1 N–H and O–H groups in total. The minimum absolute atomic E-state index is 0.115. The first-order valence-corrected chi connectivity index (χ1v) is 5.44. The molecule has 0 unspecified atom stereocenters. The van der Waals surface area contributed by atoms with Gasteiger partial charge in [0.1, 0.15) is 6.42 Å². The number of hydrogen-bond acceptors (Lipinski definition) is 4. The first-order valence-electron chi connectivity index (χ1n) is 5.44. The van der Waals surface area contributed by atoms with E-state index < -0.39 is 0 Å². The monoisotopic (exact) mass is 231 g/mol. The van der Waals surface area contributed by atoms with E-state index in [1.165, 1.54) is 0 Å². The second kappa shape index (κ2) is 5.25. The molecule has 5 nitrogen and oxygen atoms in total. The van der Waals surface area contributed by atoms with Gasteiger partial charge < -0.3 is 9.73 Å². The van der Waals surface area contributed by atoms with E-state index in [0.717, 1.165) is 5.56 Å². The molecule has 0 aliphatic rings. The topological polar surface area (TPSA) is 68.0 Å². The van der Waals surface area contributed by atoms with Crippen molar-refractivity contribution in [3.63, 3.8) is 0 Å². The zero-order chi connectivity index (χ0) is 12.1. The van der Waals surface area contributed by atoms with E-state index in [2.05, 4.69) is 15.5 Å². The molecule has 0 saturated carbocycles. The summed E-state index contributed by atoms with van der Waals surface area (Å²) in [6, 6.07) is 9.45. The van der Waals surface area contributed by atoms with Crippen molar-refractivity contribution in [2.24, 2.45) is 0 Å². The van der Waals surface area contributed by atoms with Crippen LogP contribution >= 0.6 is 0 Å². The largest absolute Gasteiger partial charge is 0.420 e. The third-order valence-electron chi connectivity index (χ3n) is 2.17. The van der Waals surface area contributed by atoms with E-state index in [1.54, 1.807) is 0 Å². The maximum atomic E-state index is 11.3.